The number of oxazole rings is 1. The Morgan fingerprint density at radius 3 is 2.71 bits per heavy atom. The summed E-state index contributed by atoms with van der Waals surface area (Å²) in [5, 5.41) is 13.0. The molecule has 1 aromatic rings. The second-order valence-corrected chi connectivity index (χ2v) is 5.21. The minimum Gasteiger partial charge on any atom is -0.437 e. The van der Waals surface area contributed by atoms with Gasteiger partial charge in [-0.15, -0.1) is 0 Å². The van der Waals surface area contributed by atoms with Crippen LogP contribution < -0.4 is 5.32 Å². The van der Waals surface area contributed by atoms with Crippen molar-refractivity contribution >= 4 is 11.8 Å². The van der Waals surface area contributed by atoms with Crippen molar-refractivity contribution in [2.75, 3.05) is 12.3 Å². The summed E-state index contributed by atoms with van der Waals surface area (Å²) in [4.78, 5) is 4.29. The van der Waals surface area contributed by atoms with Crippen LogP contribution in [0.1, 0.15) is 31.7 Å². The van der Waals surface area contributed by atoms with Gasteiger partial charge in [0.2, 0.25) is 0 Å². The zero-order valence-electron chi connectivity index (χ0n) is 10.8. The average molecular weight is 253 g/mol. The lowest BCUT2D eigenvalue weighted by Gasteiger charge is -2.21. The Kier molecular flexibility index (Phi) is 5.03. The Balaban J connectivity index is 2.56. The summed E-state index contributed by atoms with van der Waals surface area (Å²) in [6.45, 7) is 8.64. The van der Waals surface area contributed by atoms with Crippen molar-refractivity contribution < 1.29 is 4.42 Å². The van der Waals surface area contributed by atoms with Gasteiger partial charge >= 0.3 is 0 Å². The molecule has 0 saturated heterocycles. The molecule has 1 N–H and O–H groups in total. The first-order valence-corrected chi connectivity index (χ1v) is 6.72. The molecule has 0 radical (unpaired) electrons. The van der Waals surface area contributed by atoms with E-state index in [0.717, 1.165) is 24.4 Å². The number of hydrogen-bond donors (Lipinski definition) is 1. The first kappa shape index (κ1) is 14.1. The van der Waals surface area contributed by atoms with Crippen molar-refractivity contribution in [3.8, 4) is 6.07 Å². The number of aromatic nitrogens is 1. The van der Waals surface area contributed by atoms with Crippen LogP contribution in [0.4, 0.5) is 0 Å². The summed E-state index contributed by atoms with van der Waals surface area (Å²) in [6.07, 6.45) is 1.01. The molecule has 5 heteroatoms. The Morgan fingerprint density at radius 1 is 1.53 bits per heavy atom. The maximum atomic E-state index is 9.17. The van der Waals surface area contributed by atoms with Crippen molar-refractivity contribution in [1.29, 1.82) is 5.26 Å². The van der Waals surface area contributed by atoms with E-state index in [0.29, 0.717) is 11.0 Å². The summed E-state index contributed by atoms with van der Waals surface area (Å²) in [5.41, 5.74) is 0.379. The smallest absolute Gasteiger partial charge is 0.256 e. The zero-order chi connectivity index (χ0) is 12.9. The molecule has 0 fully saturated rings. The highest BCUT2D eigenvalue weighted by atomic mass is 32.2. The molecule has 0 aliphatic carbocycles. The maximum Gasteiger partial charge on any atom is 0.256 e. The topological polar surface area (TPSA) is 61.9 Å². The van der Waals surface area contributed by atoms with Crippen molar-refractivity contribution in [2.45, 2.75) is 44.9 Å². The van der Waals surface area contributed by atoms with Crippen molar-refractivity contribution in [3.63, 3.8) is 0 Å². The van der Waals surface area contributed by atoms with Crippen LogP contribution in [0.3, 0.4) is 0 Å². The van der Waals surface area contributed by atoms with E-state index in [1.54, 1.807) is 0 Å². The number of nitriles is 1. The van der Waals surface area contributed by atoms with Crippen molar-refractivity contribution in [1.82, 2.24) is 10.3 Å². The third-order valence-electron chi connectivity index (χ3n) is 2.51. The predicted octanol–water partition coefficient (Wildman–Crippen LogP) is 2.67. The van der Waals surface area contributed by atoms with E-state index in [9.17, 15) is 5.26 Å². The average Bonchev–Trinajstić information content (AvgIpc) is 2.64. The SMILES string of the molecule is CCCNC(C)(C#N)CSc1nc(C)c(C)o1. The lowest BCUT2D eigenvalue weighted by molar-refractivity contribution is 0.428. The van der Waals surface area contributed by atoms with Gasteiger partial charge in [-0.05, 0) is 33.7 Å². The van der Waals surface area contributed by atoms with Crippen LogP contribution in [0.25, 0.3) is 0 Å². The van der Waals surface area contributed by atoms with Crippen LogP contribution in [0.2, 0.25) is 0 Å². The molecule has 0 bridgehead atoms. The molecule has 17 heavy (non-hydrogen) atoms. The Hall–Kier alpha value is -0.990. The normalized spacial score (nSPS) is 14.3. The highest BCUT2D eigenvalue weighted by Crippen LogP contribution is 2.23. The summed E-state index contributed by atoms with van der Waals surface area (Å²) >= 11 is 1.47. The summed E-state index contributed by atoms with van der Waals surface area (Å²) in [6, 6.07) is 2.30. The minimum atomic E-state index is -0.531. The fourth-order valence-corrected chi connectivity index (χ4v) is 2.20. The second-order valence-electron chi connectivity index (χ2n) is 4.28. The number of nitrogens with zero attached hydrogens (tertiary/aromatic N) is 2. The Morgan fingerprint density at radius 2 is 2.24 bits per heavy atom. The van der Waals surface area contributed by atoms with E-state index >= 15 is 0 Å². The van der Waals surface area contributed by atoms with E-state index < -0.39 is 5.54 Å². The van der Waals surface area contributed by atoms with Crippen LogP contribution >= 0.6 is 11.8 Å². The third kappa shape index (κ3) is 4.06. The summed E-state index contributed by atoms with van der Waals surface area (Å²) in [7, 11) is 0. The molecule has 0 spiro atoms. The molecule has 1 rings (SSSR count). The molecule has 4 nitrogen and oxygen atoms in total. The first-order chi connectivity index (χ1) is 8.00. The molecular formula is C12H19N3OS. The number of thioether (sulfide) groups is 1. The molecule has 1 atom stereocenters. The van der Waals surface area contributed by atoms with Gasteiger partial charge in [-0.2, -0.15) is 5.26 Å². The van der Waals surface area contributed by atoms with Crippen LogP contribution in [0.5, 0.6) is 0 Å². The van der Waals surface area contributed by atoms with Crippen LogP contribution in [0, 0.1) is 25.2 Å². The molecule has 0 aliphatic heterocycles. The van der Waals surface area contributed by atoms with E-state index in [1.807, 2.05) is 20.8 Å². The first-order valence-electron chi connectivity index (χ1n) is 5.74. The van der Waals surface area contributed by atoms with Gasteiger partial charge in [0.25, 0.3) is 5.22 Å². The molecule has 0 amide bonds. The lowest BCUT2D eigenvalue weighted by atomic mass is 10.1. The fraction of sp³-hybridized carbons (Fsp3) is 0.667. The molecule has 0 aromatic carbocycles. The molecular weight excluding hydrogens is 234 g/mol. The fourth-order valence-electron chi connectivity index (χ4n) is 1.23. The second kappa shape index (κ2) is 6.08. The summed E-state index contributed by atoms with van der Waals surface area (Å²) < 4.78 is 5.47. The van der Waals surface area contributed by atoms with E-state index in [2.05, 4.69) is 23.3 Å². The van der Waals surface area contributed by atoms with Crippen LogP contribution in [-0.2, 0) is 0 Å². The zero-order valence-corrected chi connectivity index (χ0v) is 11.6. The number of aryl methyl sites for hydroxylation is 2. The van der Waals surface area contributed by atoms with Gasteiger partial charge in [0.05, 0.1) is 11.8 Å². The number of hydrogen-bond acceptors (Lipinski definition) is 5. The largest absolute Gasteiger partial charge is 0.437 e. The van der Waals surface area contributed by atoms with Gasteiger partial charge in [0.15, 0.2) is 0 Å². The quantitative estimate of drug-likeness (QED) is 0.790. The molecule has 1 heterocycles. The van der Waals surface area contributed by atoms with Crippen LogP contribution in [0.15, 0.2) is 9.64 Å². The monoisotopic (exact) mass is 253 g/mol. The van der Waals surface area contributed by atoms with Crippen molar-refractivity contribution in [3.05, 3.63) is 11.5 Å². The maximum absolute atomic E-state index is 9.17. The standard InChI is InChI=1S/C12H19N3OS/c1-5-6-14-12(4,7-13)8-17-11-15-9(2)10(3)16-11/h14H,5-6,8H2,1-4H3. The molecule has 94 valence electrons. The van der Waals surface area contributed by atoms with Gasteiger partial charge < -0.3 is 4.42 Å². The van der Waals surface area contributed by atoms with E-state index in [4.69, 9.17) is 4.42 Å². The number of rotatable bonds is 6. The highest BCUT2D eigenvalue weighted by molar-refractivity contribution is 7.99. The van der Waals surface area contributed by atoms with Gasteiger partial charge in [-0.25, -0.2) is 4.98 Å². The summed E-state index contributed by atoms with van der Waals surface area (Å²) in [5.74, 6) is 1.47. The van der Waals surface area contributed by atoms with Crippen molar-refractivity contribution in [2.24, 2.45) is 0 Å². The highest BCUT2D eigenvalue weighted by Gasteiger charge is 2.24. The molecule has 1 unspecified atom stereocenters. The molecule has 1 aromatic heterocycles. The Bertz CT molecular complexity index is 391. The Labute approximate surface area is 107 Å². The van der Waals surface area contributed by atoms with Gasteiger partial charge in [0.1, 0.15) is 11.3 Å². The van der Waals surface area contributed by atoms with Crippen LogP contribution in [-0.4, -0.2) is 22.8 Å². The minimum absolute atomic E-state index is 0.531. The molecule has 0 aliphatic rings. The number of nitrogens with one attached hydrogen (secondary N) is 1. The van der Waals surface area contributed by atoms with Gasteiger partial charge in [0, 0.05) is 5.75 Å². The molecule has 0 saturated carbocycles. The van der Waals surface area contributed by atoms with E-state index in [1.165, 1.54) is 11.8 Å². The predicted molar refractivity (Wildman–Crippen MR) is 69.0 cm³/mol. The van der Waals surface area contributed by atoms with E-state index in [-0.39, 0.29) is 0 Å². The van der Waals surface area contributed by atoms with Gasteiger partial charge in [-0.3, -0.25) is 5.32 Å². The van der Waals surface area contributed by atoms with Gasteiger partial charge in [-0.1, -0.05) is 18.7 Å². The lowest BCUT2D eigenvalue weighted by Crippen LogP contribution is -2.43. The third-order valence-corrected chi connectivity index (χ3v) is 3.65.